The van der Waals surface area contributed by atoms with Gasteiger partial charge in [-0.05, 0) is 29.8 Å². The monoisotopic (exact) mass is 457 g/mol. The number of nitrogens with zero attached hydrogens (tertiary/aromatic N) is 1. The molecule has 0 aliphatic heterocycles. The standard InChI is InChI=1S/C19H12F5N3O3S/c20-13-14(21)16(23)18(17(24)15(13)22)31(29,30)26-8-10-3-5-11(6-4-10)19(28)27-12-2-1-7-25-9-12/h1-7,9,26H,8H2,(H,27,28). The molecule has 2 N–H and O–H groups in total. The Kier molecular flexibility index (Phi) is 6.32. The van der Waals surface area contributed by atoms with Gasteiger partial charge in [0.1, 0.15) is 0 Å². The molecule has 0 saturated heterocycles. The molecule has 0 spiro atoms. The second kappa shape index (κ2) is 8.78. The van der Waals surface area contributed by atoms with Gasteiger partial charge in [0, 0.05) is 18.3 Å². The van der Waals surface area contributed by atoms with Crippen molar-refractivity contribution in [3.8, 4) is 0 Å². The van der Waals surface area contributed by atoms with E-state index < -0.39 is 56.5 Å². The molecule has 0 bridgehead atoms. The molecule has 2 aromatic carbocycles. The lowest BCUT2D eigenvalue weighted by Gasteiger charge is -2.11. The highest BCUT2D eigenvalue weighted by Gasteiger charge is 2.33. The van der Waals surface area contributed by atoms with Gasteiger partial charge in [-0.25, -0.2) is 35.1 Å². The summed E-state index contributed by atoms with van der Waals surface area (Å²) in [5.74, 6) is -12.6. The number of aromatic nitrogens is 1. The zero-order valence-electron chi connectivity index (χ0n) is 15.3. The average Bonchev–Trinajstić information content (AvgIpc) is 2.76. The number of halogens is 5. The van der Waals surface area contributed by atoms with Crippen LogP contribution < -0.4 is 10.0 Å². The van der Waals surface area contributed by atoms with Gasteiger partial charge in [0.2, 0.25) is 15.8 Å². The summed E-state index contributed by atoms with van der Waals surface area (Å²) in [6.07, 6.45) is 2.96. The Hall–Kier alpha value is -3.38. The highest BCUT2D eigenvalue weighted by molar-refractivity contribution is 7.89. The highest BCUT2D eigenvalue weighted by atomic mass is 32.2. The number of pyridine rings is 1. The van der Waals surface area contributed by atoms with E-state index in [-0.39, 0.29) is 11.1 Å². The van der Waals surface area contributed by atoms with Gasteiger partial charge < -0.3 is 5.32 Å². The lowest BCUT2D eigenvalue weighted by Crippen LogP contribution is -2.26. The molecule has 0 unspecified atom stereocenters. The summed E-state index contributed by atoms with van der Waals surface area (Å²) in [5, 5.41) is 2.59. The molecule has 1 amide bonds. The molecule has 162 valence electrons. The lowest BCUT2D eigenvalue weighted by atomic mass is 10.1. The Bertz CT molecular complexity index is 1210. The maximum atomic E-state index is 13.8. The first kappa shape index (κ1) is 22.3. The van der Waals surface area contributed by atoms with Gasteiger partial charge in [-0.1, -0.05) is 12.1 Å². The Morgan fingerprint density at radius 1 is 0.871 bits per heavy atom. The van der Waals surface area contributed by atoms with E-state index in [1.165, 1.54) is 36.7 Å². The normalized spacial score (nSPS) is 11.4. The molecule has 1 aromatic heterocycles. The molecule has 1 heterocycles. The Balaban J connectivity index is 1.74. The van der Waals surface area contributed by atoms with Crippen LogP contribution in [0.15, 0.2) is 53.7 Å². The largest absolute Gasteiger partial charge is 0.321 e. The van der Waals surface area contributed by atoms with Gasteiger partial charge in [0.05, 0.1) is 11.9 Å². The molecule has 6 nitrogen and oxygen atoms in total. The fourth-order valence-electron chi connectivity index (χ4n) is 2.49. The molecule has 0 radical (unpaired) electrons. The predicted molar refractivity (Wildman–Crippen MR) is 98.9 cm³/mol. The quantitative estimate of drug-likeness (QED) is 0.337. The molecular formula is C19H12F5N3O3S. The highest BCUT2D eigenvalue weighted by Crippen LogP contribution is 2.26. The number of carbonyl (C=O) groups is 1. The third-order valence-electron chi connectivity index (χ3n) is 4.04. The summed E-state index contributed by atoms with van der Waals surface area (Å²) >= 11 is 0. The number of amides is 1. The minimum Gasteiger partial charge on any atom is -0.321 e. The Labute approximate surface area is 172 Å². The number of carbonyl (C=O) groups excluding carboxylic acids is 1. The summed E-state index contributed by atoms with van der Waals surface area (Å²) < 4.78 is 93.2. The smallest absolute Gasteiger partial charge is 0.255 e. The lowest BCUT2D eigenvalue weighted by molar-refractivity contribution is 0.102. The average molecular weight is 457 g/mol. The molecular weight excluding hydrogens is 445 g/mol. The van der Waals surface area contributed by atoms with Crippen LogP contribution >= 0.6 is 0 Å². The van der Waals surface area contributed by atoms with Crippen molar-refractivity contribution >= 4 is 21.6 Å². The first-order valence-electron chi connectivity index (χ1n) is 8.43. The van der Waals surface area contributed by atoms with Gasteiger partial charge in [0.25, 0.3) is 5.91 Å². The van der Waals surface area contributed by atoms with Crippen molar-refractivity contribution in [2.75, 3.05) is 5.32 Å². The Morgan fingerprint density at radius 3 is 2.00 bits per heavy atom. The van der Waals surface area contributed by atoms with E-state index in [1.807, 2.05) is 0 Å². The summed E-state index contributed by atoms with van der Waals surface area (Å²) in [6, 6.07) is 8.64. The second-order valence-electron chi connectivity index (χ2n) is 6.12. The third kappa shape index (κ3) is 4.70. The number of nitrogens with one attached hydrogen (secondary N) is 2. The fourth-order valence-corrected chi connectivity index (χ4v) is 3.64. The SMILES string of the molecule is O=C(Nc1cccnc1)c1ccc(CNS(=O)(=O)c2c(F)c(F)c(F)c(F)c2F)cc1. The minimum absolute atomic E-state index is 0.218. The van der Waals surface area contributed by atoms with Crippen molar-refractivity contribution in [2.45, 2.75) is 11.4 Å². The Morgan fingerprint density at radius 2 is 1.45 bits per heavy atom. The predicted octanol–water partition coefficient (Wildman–Crippen LogP) is 3.51. The molecule has 31 heavy (non-hydrogen) atoms. The van der Waals surface area contributed by atoms with Crippen molar-refractivity contribution in [1.82, 2.24) is 9.71 Å². The van der Waals surface area contributed by atoms with Crippen LogP contribution in [0.4, 0.5) is 27.6 Å². The van der Waals surface area contributed by atoms with Gasteiger partial charge in [0.15, 0.2) is 28.2 Å². The second-order valence-corrected chi connectivity index (χ2v) is 7.82. The number of rotatable bonds is 6. The summed E-state index contributed by atoms with van der Waals surface area (Å²) in [7, 11) is -5.08. The van der Waals surface area contributed by atoms with Crippen LogP contribution in [0.1, 0.15) is 15.9 Å². The molecule has 0 fully saturated rings. The van der Waals surface area contributed by atoms with E-state index in [0.29, 0.717) is 5.69 Å². The van der Waals surface area contributed by atoms with Crippen molar-refractivity contribution in [3.05, 3.63) is 89.0 Å². The third-order valence-corrected chi connectivity index (χ3v) is 5.46. The van der Waals surface area contributed by atoms with Crippen LogP contribution in [0.3, 0.4) is 0 Å². The van der Waals surface area contributed by atoms with Gasteiger partial charge in [-0.15, -0.1) is 0 Å². The first-order valence-corrected chi connectivity index (χ1v) is 9.91. The zero-order chi connectivity index (χ0) is 22.8. The summed E-state index contributed by atoms with van der Waals surface area (Å²) in [4.78, 5) is 14.0. The zero-order valence-corrected chi connectivity index (χ0v) is 16.1. The molecule has 0 aliphatic rings. The van der Waals surface area contributed by atoms with Crippen LogP contribution in [-0.4, -0.2) is 19.3 Å². The van der Waals surface area contributed by atoms with E-state index in [9.17, 15) is 35.2 Å². The van der Waals surface area contributed by atoms with Crippen LogP contribution in [0.5, 0.6) is 0 Å². The molecule has 3 rings (SSSR count). The maximum absolute atomic E-state index is 13.8. The van der Waals surface area contributed by atoms with E-state index in [2.05, 4.69) is 10.3 Å². The van der Waals surface area contributed by atoms with Crippen LogP contribution in [0.25, 0.3) is 0 Å². The summed E-state index contributed by atoms with van der Waals surface area (Å²) in [6.45, 7) is -0.535. The molecule has 0 aliphatic carbocycles. The number of hydrogen-bond donors (Lipinski definition) is 2. The van der Waals surface area contributed by atoms with Crippen molar-refractivity contribution < 1.29 is 35.2 Å². The van der Waals surface area contributed by atoms with Crippen molar-refractivity contribution in [3.63, 3.8) is 0 Å². The first-order chi connectivity index (χ1) is 14.6. The van der Waals surface area contributed by atoms with Crippen LogP contribution in [-0.2, 0) is 16.6 Å². The van der Waals surface area contributed by atoms with E-state index in [4.69, 9.17) is 0 Å². The molecule has 0 atom stereocenters. The number of benzene rings is 2. The topological polar surface area (TPSA) is 88.2 Å². The van der Waals surface area contributed by atoms with E-state index in [0.717, 1.165) is 0 Å². The number of anilines is 1. The van der Waals surface area contributed by atoms with Gasteiger partial charge in [-0.3, -0.25) is 9.78 Å². The number of hydrogen-bond acceptors (Lipinski definition) is 4. The van der Waals surface area contributed by atoms with Gasteiger partial charge >= 0.3 is 0 Å². The van der Waals surface area contributed by atoms with Crippen LogP contribution in [0, 0.1) is 29.1 Å². The minimum atomic E-state index is -5.08. The summed E-state index contributed by atoms with van der Waals surface area (Å²) in [5.41, 5.74) is 0.924. The molecule has 12 heteroatoms. The molecule has 3 aromatic rings. The van der Waals surface area contributed by atoms with E-state index >= 15 is 0 Å². The van der Waals surface area contributed by atoms with Gasteiger partial charge in [-0.2, -0.15) is 0 Å². The van der Waals surface area contributed by atoms with E-state index in [1.54, 1.807) is 16.9 Å². The van der Waals surface area contributed by atoms with Crippen molar-refractivity contribution in [1.29, 1.82) is 0 Å². The number of sulfonamides is 1. The molecule has 0 saturated carbocycles. The fraction of sp³-hybridized carbons (Fsp3) is 0.0526. The van der Waals surface area contributed by atoms with Crippen LogP contribution in [0.2, 0.25) is 0 Å². The maximum Gasteiger partial charge on any atom is 0.255 e. The van der Waals surface area contributed by atoms with Crippen molar-refractivity contribution in [2.24, 2.45) is 0 Å².